The Labute approximate surface area is 177 Å². The molecule has 1 aromatic carbocycles. The van der Waals surface area contributed by atoms with Crippen molar-refractivity contribution in [2.24, 2.45) is 0 Å². The van der Waals surface area contributed by atoms with Gasteiger partial charge in [0.1, 0.15) is 5.56 Å². The summed E-state index contributed by atoms with van der Waals surface area (Å²) in [5, 5.41) is 11.8. The zero-order valence-electron chi connectivity index (χ0n) is 18.6. The number of nitro groups is 1. The van der Waals surface area contributed by atoms with Gasteiger partial charge in [-0.25, -0.2) is 0 Å². The standard InChI is InChI=1S/C18H31NO10Si/c1-22-15-13(12-29-10-8-9-11-30(26-5,27-6)28-7)14(19(20)21)16(23-2)18(25-4)17(15)24-3/h8-12H2,1-7H3. The summed E-state index contributed by atoms with van der Waals surface area (Å²) >= 11 is 0. The van der Waals surface area contributed by atoms with E-state index in [1.165, 1.54) is 28.4 Å². The summed E-state index contributed by atoms with van der Waals surface area (Å²) < 4.78 is 43.1. The Bertz CT molecular complexity index is 688. The van der Waals surface area contributed by atoms with Crippen molar-refractivity contribution in [2.75, 3.05) is 56.4 Å². The molecule has 30 heavy (non-hydrogen) atoms. The Hall–Kier alpha value is -2.12. The molecule has 1 rings (SSSR count). The number of unbranched alkanes of at least 4 members (excludes halogenated alkanes) is 1. The Balaban J connectivity index is 2.99. The molecule has 0 N–H and O–H groups in total. The van der Waals surface area contributed by atoms with Crippen LogP contribution in [0.2, 0.25) is 6.04 Å². The van der Waals surface area contributed by atoms with Crippen LogP contribution in [-0.4, -0.2) is 70.1 Å². The predicted molar refractivity (Wildman–Crippen MR) is 110 cm³/mol. The fourth-order valence-electron chi connectivity index (χ4n) is 3.07. The van der Waals surface area contributed by atoms with Crippen LogP contribution in [-0.2, 0) is 24.6 Å². The summed E-state index contributed by atoms with van der Waals surface area (Å²) in [6, 6.07) is 0.632. The summed E-state index contributed by atoms with van der Waals surface area (Å²) in [5.41, 5.74) is -0.0945. The fourth-order valence-corrected chi connectivity index (χ4v) is 4.87. The van der Waals surface area contributed by atoms with E-state index in [1.54, 1.807) is 21.3 Å². The molecule has 0 bridgehead atoms. The third kappa shape index (κ3) is 5.73. The molecular weight excluding hydrogens is 418 g/mol. The molecule has 0 spiro atoms. The molecule has 0 atom stereocenters. The highest BCUT2D eigenvalue weighted by molar-refractivity contribution is 6.60. The van der Waals surface area contributed by atoms with Gasteiger partial charge in [0.25, 0.3) is 0 Å². The third-order valence-corrected chi connectivity index (χ3v) is 7.43. The van der Waals surface area contributed by atoms with Crippen LogP contribution in [0.25, 0.3) is 0 Å². The van der Waals surface area contributed by atoms with E-state index in [0.29, 0.717) is 19.1 Å². The van der Waals surface area contributed by atoms with Gasteiger partial charge in [-0.05, 0) is 12.8 Å². The minimum absolute atomic E-state index is 0.0604. The Morgan fingerprint density at radius 2 is 1.27 bits per heavy atom. The lowest BCUT2D eigenvalue weighted by Gasteiger charge is -2.24. The first-order valence-corrected chi connectivity index (χ1v) is 11.1. The molecule has 11 nitrogen and oxygen atoms in total. The second kappa shape index (κ2) is 12.5. The predicted octanol–water partition coefficient (Wildman–Crippen LogP) is 2.80. The molecule has 172 valence electrons. The van der Waals surface area contributed by atoms with Gasteiger partial charge in [-0.2, -0.15) is 0 Å². The SMILES string of the molecule is COc1c(COCCCC[Si](OC)(OC)OC)c([N+](=O)[O-])c(OC)c(OC)c1OC. The van der Waals surface area contributed by atoms with Crippen LogP contribution in [0, 0.1) is 10.1 Å². The quantitative estimate of drug-likeness (QED) is 0.171. The minimum Gasteiger partial charge on any atom is -0.492 e. The number of methoxy groups -OCH3 is 4. The second-order valence-corrected chi connectivity index (χ2v) is 9.11. The van der Waals surface area contributed by atoms with E-state index in [0.717, 1.165) is 6.42 Å². The van der Waals surface area contributed by atoms with Gasteiger partial charge >= 0.3 is 14.5 Å². The lowest BCUT2D eigenvalue weighted by Crippen LogP contribution is -2.42. The molecule has 0 amide bonds. The van der Waals surface area contributed by atoms with Crippen LogP contribution < -0.4 is 18.9 Å². The molecule has 0 unspecified atom stereocenters. The van der Waals surface area contributed by atoms with Crippen LogP contribution in [0.1, 0.15) is 18.4 Å². The van der Waals surface area contributed by atoms with E-state index in [-0.39, 0.29) is 40.9 Å². The maximum Gasteiger partial charge on any atom is 0.500 e. The molecule has 0 aromatic heterocycles. The molecule has 1 aromatic rings. The lowest BCUT2D eigenvalue weighted by molar-refractivity contribution is -0.387. The van der Waals surface area contributed by atoms with E-state index in [1.807, 2.05) is 0 Å². The first-order valence-electron chi connectivity index (χ1n) is 9.16. The van der Waals surface area contributed by atoms with E-state index >= 15 is 0 Å². The summed E-state index contributed by atoms with van der Waals surface area (Å²) in [6.07, 6.45) is 1.43. The highest BCUT2D eigenvalue weighted by Gasteiger charge is 2.37. The number of hydrogen-bond donors (Lipinski definition) is 0. The number of rotatable bonds is 15. The molecule has 0 aliphatic rings. The summed E-state index contributed by atoms with van der Waals surface area (Å²) in [7, 11) is 7.54. The summed E-state index contributed by atoms with van der Waals surface area (Å²) in [4.78, 5) is 11.2. The molecule has 0 fully saturated rings. The third-order valence-electron chi connectivity index (χ3n) is 4.59. The van der Waals surface area contributed by atoms with Gasteiger partial charge in [-0.1, -0.05) is 0 Å². The largest absolute Gasteiger partial charge is 0.500 e. The Morgan fingerprint density at radius 3 is 1.70 bits per heavy atom. The van der Waals surface area contributed by atoms with E-state index in [2.05, 4.69) is 0 Å². The van der Waals surface area contributed by atoms with Gasteiger partial charge in [-0.3, -0.25) is 10.1 Å². The molecule has 0 saturated carbocycles. The van der Waals surface area contributed by atoms with Crippen LogP contribution in [0.4, 0.5) is 5.69 Å². The van der Waals surface area contributed by atoms with Gasteiger partial charge < -0.3 is 37.0 Å². The van der Waals surface area contributed by atoms with Crippen molar-refractivity contribution in [3.63, 3.8) is 0 Å². The average Bonchev–Trinajstić information content (AvgIpc) is 2.77. The highest BCUT2D eigenvalue weighted by atomic mass is 28.4. The van der Waals surface area contributed by atoms with Crippen LogP contribution in [0.15, 0.2) is 0 Å². The Kier molecular flexibility index (Phi) is 10.8. The van der Waals surface area contributed by atoms with Crippen molar-refractivity contribution in [2.45, 2.75) is 25.5 Å². The monoisotopic (exact) mass is 449 g/mol. The Morgan fingerprint density at radius 1 is 0.767 bits per heavy atom. The number of nitrogens with zero attached hydrogens (tertiary/aromatic N) is 1. The fraction of sp³-hybridized carbons (Fsp3) is 0.667. The number of nitro benzene ring substituents is 1. The number of benzene rings is 1. The smallest absolute Gasteiger partial charge is 0.492 e. The van der Waals surface area contributed by atoms with Crippen molar-refractivity contribution in [3.05, 3.63) is 15.7 Å². The highest BCUT2D eigenvalue weighted by Crippen LogP contribution is 2.53. The summed E-state index contributed by atoms with van der Waals surface area (Å²) in [6.45, 7) is 0.288. The second-order valence-electron chi connectivity index (χ2n) is 6.02. The molecule has 0 aliphatic carbocycles. The number of hydrogen-bond acceptors (Lipinski definition) is 10. The average molecular weight is 450 g/mol. The van der Waals surface area contributed by atoms with Gasteiger partial charge in [-0.15, -0.1) is 0 Å². The molecule has 0 radical (unpaired) electrons. The first-order chi connectivity index (χ1) is 14.4. The van der Waals surface area contributed by atoms with Crippen LogP contribution >= 0.6 is 0 Å². The van der Waals surface area contributed by atoms with Crippen LogP contribution in [0.3, 0.4) is 0 Å². The van der Waals surface area contributed by atoms with E-state index < -0.39 is 13.7 Å². The lowest BCUT2D eigenvalue weighted by atomic mass is 10.1. The number of ether oxygens (including phenoxy) is 5. The molecule has 12 heteroatoms. The van der Waals surface area contributed by atoms with E-state index in [9.17, 15) is 10.1 Å². The first kappa shape index (κ1) is 25.9. The molecule has 0 aliphatic heterocycles. The maximum atomic E-state index is 11.8. The maximum absolute atomic E-state index is 11.8. The van der Waals surface area contributed by atoms with Gasteiger partial charge in [0.2, 0.25) is 17.2 Å². The van der Waals surface area contributed by atoms with Crippen molar-refractivity contribution in [1.29, 1.82) is 0 Å². The van der Waals surface area contributed by atoms with Gasteiger partial charge in [0.15, 0.2) is 5.75 Å². The van der Waals surface area contributed by atoms with Crippen molar-refractivity contribution in [3.8, 4) is 23.0 Å². The molecular formula is C18H31NO10Si. The molecule has 0 saturated heterocycles. The van der Waals surface area contributed by atoms with Crippen molar-refractivity contribution < 1.29 is 41.9 Å². The minimum atomic E-state index is -2.63. The normalized spacial score (nSPS) is 11.3. The zero-order valence-corrected chi connectivity index (χ0v) is 19.6. The van der Waals surface area contributed by atoms with Gasteiger partial charge in [0, 0.05) is 34.0 Å². The summed E-state index contributed by atoms with van der Waals surface area (Å²) in [5.74, 6) is 0.366. The van der Waals surface area contributed by atoms with E-state index in [4.69, 9.17) is 37.0 Å². The van der Waals surface area contributed by atoms with Gasteiger partial charge in [0.05, 0.1) is 40.0 Å². The van der Waals surface area contributed by atoms with Crippen molar-refractivity contribution in [1.82, 2.24) is 0 Å². The molecule has 0 heterocycles. The topological polar surface area (TPSA) is 117 Å². The zero-order chi connectivity index (χ0) is 22.7. The van der Waals surface area contributed by atoms with Crippen LogP contribution in [0.5, 0.6) is 23.0 Å². The van der Waals surface area contributed by atoms with Crippen molar-refractivity contribution >= 4 is 14.5 Å².